The van der Waals surface area contributed by atoms with E-state index in [4.69, 9.17) is 0 Å². The van der Waals surface area contributed by atoms with Gasteiger partial charge in [-0.15, -0.1) is 0 Å². The van der Waals surface area contributed by atoms with E-state index in [-0.39, 0.29) is 17.8 Å². The highest BCUT2D eigenvalue weighted by Crippen LogP contribution is 2.14. The van der Waals surface area contributed by atoms with Crippen molar-refractivity contribution in [3.05, 3.63) is 66.8 Å². The van der Waals surface area contributed by atoms with Crippen LogP contribution in [0.1, 0.15) is 11.4 Å². The van der Waals surface area contributed by atoms with Gasteiger partial charge in [-0.1, -0.05) is 12.1 Å². The van der Waals surface area contributed by atoms with Crippen LogP contribution in [0, 0.1) is 17.0 Å². The number of nitrogens with zero attached hydrogens (tertiary/aromatic N) is 3. The molecule has 1 aromatic heterocycles. The number of benzene rings is 1. The maximum Gasteiger partial charge on any atom is 0.269 e. The molecule has 0 saturated heterocycles. The summed E-state index contributed by atoms with van der Waals surface area (Å²) in [5.41, 5.74) is 0.476. The van der Waals surface area contributed by atoms with Crippen LogP contribution in [-0.2, 0) is 6.54 Å². The van der Waals surface area contributed by atoms with E-state index in [9.17, 15) is 14.9 Å². The molecular weight excluding hydrogens is 314 g/mol. The van der Waals surface area contributed by atoms with E-state index >= 15 is 0 Å². The lowest BCUT2D eigenvalue weighted by Gasteiger charge is -2.09. The number of aryl methyl sites for hydroxylation is 1. The molecular formula is C12H10BrN3O3. The van der Waals surface area contributed by atoms with Gasteiger partial charge in [-0.25, -0.2) is 4.98 Å². The predicted octanol–water partition coefficient (Wildman–Crippen LogP) is 2.27. The van der Waals surface area contributed by atoms with Crippen molar-refractivity contribution >= 4 is 21.6 Å². The average molecular weight is 324 g/mol. The van der Waals surface area contributed by atoms with Gasteiger partial charge >= 0.3 is 0 Å². The van der Waals surface area contributed by atoms with E-state index < -0.39 is 4.92 Å². The van der Waals surface area contributed by atoms with Crippen molar-refractivity contribution in [3.63, 3.8) is 0 Å². The molecule has 1 heterocycles. The fourth-order valence-corrected chi connectivity index (χ4v) is 2.00. The first-order valence-corrected chi connectivity index (χ1v) is 6.23. The third kappa shape index (κ3) is 2.87. The zero-order valence-corrected chi connectivity index (χ0v) is 11.6. The van der Waals surface area contributed by atoms with Gasteiger partial charge in [-0.2, -0.15) is 0 Å². The Balaban J connectivity index is 2.42. The Kier molecular flexibility index (Phi) is 3.75. The summed E-state index contributed by atoms with van der Waals surface area (Å²) < 4.78 is 1.83. The number of nitro benzene ring substituents is 1. The first-order valence-electron chi connectivity index (χ1n) is 5.44. The van der Waals surface area contributed by atoms with Gasteiger partial charge in [0.05, 0.1) is 11.5 Å². The molecule has 19 heavy (non-hydrogen) atoms. The second kappa shape index (κ2) is 5.31. The van der Waals surface area contributed by atoms with Crippen molar-refractivity contribution in [1.29, 1.82) is 0 Å². The molecule has 0 spiro atoms. The molecule has 0 radical (unpaired) electrons. The van der Waals surface area contributed by atoms with E-state index in [2.05, 4.69) is 20.9 Å². The fourth-order valence-electron chi connectivity index (χ4n) is 1.69. The minimum atomic E-state index is -0.460. The van der Waals surface area contributed by atoms with E-state index in [1.54, 1.807) is 19.1 Å². The van der Waals surface area contributed by atoms with Crippen LogP contribution in [0.15, 0.2) is 39.7 Å². The number of aromatic nitrogens is 2. The summed E-state index contributed by atoms with van der Waals surface area (Å²) in [7, 11) is 0. The Bertz CT molecular complexity index is 697. The first-order chi connectivity index (χ1) is 8.99. The lowest BCUT2D eigenvalue weighted by molar-refractivity contribution is -0.384. The van der Waals surface area contributed by atoms with Crippen LogP contribution in [0.2, 0.25) is 0 Å². The van der Waals surface area contributed by atoms with E-state index in [0.717, 1.165) is 0 Å². The number of hydrogen-bond acceptors (Lipinski definition) is 4. The van der Waals surface area contributed by atoms with Crippen molar-refractivity contribution in [3.8, 4) is 0 Å². The second-order valence-electron chi connectivity index (χ2n) is 3.97. The van der Waals surface area contributed by atoms with Crippen molar-refractivity contribution in [2.45, 2.75) is 13.5 Å². The van der Waals surface area contributed by atoms with Gasteiger partial charge in [0.25, 0.3) is 11.2 Å². The summed E-state index contributed by atoms with van der Waals surface area (Å²) in [4.78, 5) is 26.3. The molecule has 2 aromatic rings. The lowest BCUT2D eigenvalue weighted by atomic mass is 10.2. The smallest absolute Gasteiger partial charge is 0.269 e. The topological polar surface area (TPSA) is 78.0 Å². The van der Waals surface area contributed by atoms with Gasteiger partial charge < -0.3 is 0 Å². The van der Waals surface area contributed by atoms with Gasteiger partial charge in [-0.05, 0) is 28.4 Å². The summed E-state index contributed by atoms with van der Waals surface area (Å²) in [5, 5.41) is 10.7. The highest BCUT2D eigenvalue weighted by Gasteiger charge is 2.09. The third-order valence-electron chi connectivity index (χ3n) is 2.67. The molecule has 0 fully saturated rings. The number of nitro groups is 1. The van der Waals surface area contributed by atoms with Gasteiger partial charge in [0.1, 0.15) is 10.3 Å². The van der Waals surface area contributed by atoms with E-state index in [1.165, 1.54) is 22.9 Å². The number of non-ortho nitro benzene ring substituents is 1. The molecule has 0 N–H and O–H groups in total. The largest absolute Gasteiger partial charge is 0.291 e. The lowest BCUT2D eigenvalue weighted by Crippen LogP contribution is -2.24. The normalized spacial score (nSPS) is 10.4. The van der Waals surface area contributed by atoms with Gasteiger partial charge in [0.15, 0.2) is 0 Å². The SMILES string of the molecule is Cc1ncc(Br)c(=O)n1Cc1cccc([N+](=O)[O-])c1. The molecule has 0 aliphatic heterocycles. The third-order valence-corrected chi connectivity index (χ3v) is 3.21. The van der Waals surface area contributed by atoms with Crippen molar-refractivity contribution in [2.24, 2.45) is 0 Å². The summed E-state index contributed by atoms with van der Waals surface area (Å²) in [6.07, 6.45) is 1.45. The van der Waals surface area contributed by atoms with Crippen molar-refractivity contribution < 1.29 is 4.92 Å². The quantitative estimate of drug-likeness (QED) is 0.641. The van der Waals surface area contributed by atoms with Crippen LogP contribution < -0.4 is 5.56 Å². The predicted molar refractivity (Wildman–Crippen MR) is 73.1 cm³/mol. The summed E-state index contributed by atoms with van der Waals surface area (Å²) >= 11 is 3.13. The van der Waals surface area contributed by atoms with Crippen LogP contribution in [0.25, 0.3) is 0 Å². The number of rotatable bonds is 3. The molecule has 0 unspecified atom stereocenters. The minimum absolute atomic E-state index is 0.00570. The Morgan fingerprint density at radius 1 is 1.47 bits per heavy atom. The molecule has 0 bridgehead atoms. The highest BCUT2D eigenvalue weighted by atomic mass is 79.9. The molecule has 0 amide bonds. The first kappa shape index (κ1) is 13.4. The Hall–Kier alpha value is -2.02. The van der Waals surface area contributed by atoms with Gasteiger partial charge in [-0.3, -0.25) is 19.5 Å². The van der Waals surface area contributed by atoms with Crippen LogP contribution in [-0.4, -0.2) is 14.5 Å². The number of halogens is 1. The molecule has 2 rings (SSSR count). The molecule has 7 heteroatoms. The highest BCUT2D eigenvalue weighted by molar-refractivity contribution is 9.10. The van der Waals surface area contributed by atoms with Crippen LogP contribution in [0.5, 0.6) is 0 Å². The second-order valence-corrected chi connectivity index (χ2v) is 4.83. The van der Waals surface area contributed by atoms with Crippen LogP contribution in [0.4, 0.5) is 5.69 Å². The standard InChI is InChI=1S/C12H10BrN3O3/c1-8-14-6-11(13)12(17)15(8)7-9-3-2-4-10(5-9)16(18)19/h2-6H,7H2,1H3. The van der Waals surface area contributed by atoms with Crippen molar-refractivity contribution in [1.82, 2.24) is 9.55 Å². The zero-order valence-electron chi connectivity index (χ0n) is 10.0. The molecule has 0 aliphatic carbocycles. The molecule has 1 aromatic carbocycles. The molecule has 0 atom stereocenters. The van der Waals surface area contributed by atoms with Crippen LogP contribution in [0.3, 0.4) is 0 Å². The van der Waals surface area contributed by atoms with Crippen LogP contribution >= 0.6 is 15.9 Å². The molecule has 0 saturated carbocycles. The van der Waals surface area contributed by atoms with Gasteiger partial charge in [0.2, 0.25) is 0 Å². The Morgan fingerprint density at radius 2 is 2.21 bits per heavy atom. The summed E-state index contributed by atoms with van der Waals surface area (Å²) in [6.45, 7) is 1.96. The van der Waals surface area contributed by atoms with Crippen molar-refractivity contribution in [2.75, 3.05) is 0 Å². The molecule has 6 nitrogen and oxygen atoms in total. The molecule has 0 aliphatic rings. The molecule has 98 valence electrons. The maximum absolute atomic E-state index is 12.0. The summed E-state index contributed by atoms with van der Waals surface area (Å²) in [5.74, 6) is 0.555. The minimum Gasteiger partial charge on any atom is -0.291 e. The average Bonchev–Trinajstić information content (AvgIpc) is 2.39. The Morgan fingerprint density at radius 3 is 2.89 bits per heavy atom. The number of hydrogen-bond donors (Lipinski definition) is 0. The fraction of sp³-hybridized carbons (Fsp3) is 0.167. The Labute approximate surface area is 117 Å². The monoisotopic (exact) mass is 323 g/mol. The van der Waals surface area contributed by atoms with E-state index in [1.807, 2.05) is 0 Å². The maximum atomic E-state index is 12.0. The van der Waals surface area contributed by atoms with E-state index in [0.29, 0.717) is 15.9 Å². The zero-order chi connectivity index (χ0) is 14.0. The summed E-state index contributed by atoms with van der Waals surface area (Å²) in [6, 6.07) is 6.20. The van der Waals surface area contributed by atoms with Gasteiger partial charge in [0, 0.05) is 18.3 Å².